The Morgan fingerprint density at radius 2 is 2.05 bits per heavy atom. The van der Waals surface area contributed by atoms with Gasteiger partial charge in [-0.1, -0.05) is 18.2 Å². The Bertz CT molecular complexity index is 510. The molecule has 5 heteroatoms. The van der Waals surface area contributed by atoms with Gasteiger partial charge in [-0.3, -0.25) is 4.79 Å². The highest BCUT2D eigenvalue weighted by Gasteiger charge is 2.11. The Kier molecular flexibility index (Phi) is 5.20. The van der Waals surface area contributed by atoms with Crippen LogP contribution in [0.4, 0.5) is 0 Å². The van der Waals surface area contributed by atoms with Crippen molar-refractivity contribution in [1.82, 2.24) is 5.32 Å². The molecule has 0 saturated carbocycles. The summed E-state index contributed by atoms with van der Waals surface area (Å²) >= 11 is 0. The molecule has 1 atom stereocenters. The molecule has 1 aromatic heterocycles. The van der Waals surface area contributed by atoms with Crippen LogP contribution in [-0.4, -0.2) is 24.2 Å². The summed E-state index contributed by atoms with van der Waals surface area (Å²) in [7, 11) is 0. The van der Waals surface area contributed by atoms with Crippen molar-refractivity contribution in [3.8, 4) is 5.75 Å². The van der Waals surface area contributed by atoms with Gasteiger partial charge in [-0.15, -0.1) is 0 Å². The summed E-state index contributed by atoms with van der Waals surface area (Å²) in [6.45, 7) is 0.421. The van der Waals surface area contributed by atoms with E-state index in [2.05, 4.69) is 5.32 Å². The quantitative estimate of drug-likeness (QED) is 0.809. The van der Waals surface area contributed by atoms with Crippen LogP contribution in [0, 0.1) is 0 Å². The SMILES string of the molecule is O=C(CCOc1ccccc1)NC[C@H](O)c1ccco1. The molecule has 0 aliphatic rings. The normalized spacial score (nSPS) is 11.8. The van der Waals surface area contributed by atoms with Crippen molar-refractivity contribution < 1.29 is 19.1 Å². The van der Waals surface area contributed by atoms with Gasteiger partial charge >= 0.3 is 0 Å². The summed E-state index contributed by atoms with van der Waals surface area (Å²) in [5, 5.41) is 12.4. The maximum atomic E-state index is 11.6. The van der Waals surface area contributed by atoms with E-state index in [1.165, 1.54) is 6.26 Å². The Hall–Kier alpha value is -2.27. The van der Waals surface area contributed by atoms with E-state index < -0.39 is 6.10 Å². The van der Waals surface area contributed by atoms with Gasteiger partial charge in [-0.2, -0.15) is 0 Å². The molecule has 0 spiro atoms. The van der Waals surface area contributed by atoms with E-state index in [1.54, 1.807) is 12.1 Å². The van der Waals surface area contributed by atoms with Crippen molar-refractivity contribution in [2.75, 3.05) is 13.2 Å². The zero-order chi connectivity index (χ0) is 14.2. The van der Waals surface area contributed by atoms with Crippen LogP contribution in [0.5, 0.6) is 5.75 Å². The van der Waals surface area contributed by atoms with Crippen molar-refractivity contribution in [2.45, 2.75) is 12.5 Å². The van der Waals surface area contributed by atoms with Crippen LogP contribution < -0.4 is 10.1 Å². The summed E-state index contributed by atoms with van der Waals surface area (Å²) in [5.74, 6) is 0.994. The van der Waals surface area contributed by atoms with Crippen LogP contribution in [0.25, 0.3) is 0 Å². The van der Waals surface area contributed by atoms with E-state index in [9.17, 15) is 9.90 Å². The van der Waals surface area contributed by atoms with E-state index >= 15 is 0 Å². The highest BCUT2D eigenvalue weighted by atomic mass is 16.5. The molecular formula is C15H17NO4. The van der Waals surface area contributed by atoms with Gasteiger partial charge in [0.2, 0.25) is 5.91 Å². The molecule has 106 valence electrons. The first kappa shape index (κ1) is 14.1. The van der Waals surface area contributed by atoms with Crippen LogP contribution >= 0.6 is 0 Å². The predicted octanol–water partition coefficient (Wildman–Crippen LogP) is 1.90. The molecule has 0 saturated heterocycles. The highest BCUT2D eigenvalue weighted by molar-refractivity contribution is 5.76. The van der Waals surface area contributed by atoms with E-state index in [4.69, 9.17) is 9.15 Å². The number of carbonyl (C=O) groups is 1. The maximum absolute atomic E-state index is 11.6. The maximum Gasteiger partial charge on any atom is 0.223 e. The molecule has 0 radical (unpaired) electrons. The summed E-state index contributed by atoms with van der Waals surface area (Å²) in [5.41, 5.74) is 0. The van der Waals surface area contributed by atoms with Gasteiger partial charge in [-0.05, 0) is 24.3 Å². The second-order valence-corrected chi connectivity index (χ2v) is 4.25. The molecule has 0 bridgehead atoms. The minimum atomic E-state index is -0.830. The lowest BCUT2D eigenvalue weighted by atomic mass is 10.2. The fourth-order valence-corrected chi connectivity index (χ4v) is 1.66. The third kappa shape index (κ3) is 4.44. The number of aliphatic hydroxyl groups excluding tert-OH is 1. The molecule has 20 heavy (non-hydrogen) atoms. The largest absolute Gasteiger partial charge is 0.493 e. The first-order valence-corrected chi connectivity index (χ1v) is 6.42. The summed E-state index contributed by atoms with van der Waals surface area (Å²) in [4.78, 5) is 11.6. The smallest absolute Gasteiger partial charge is 0.223 e. The van der Waals surface area contributed by atoms with Gasteiger partial charge in [0.05, 0.1) is 25.8 Å². The van der Waals surface area contributed by atoms with Gasteiger partial charge in [0, 0.05) is 0 Å². The van der Waals surface area contributed by atoms with Gasteiger partial charge in [0.1, 0.15) is 17.6 Å². The second kappa shape index (κ2) is 7.35. The van der Waals surface area contributed by atoms with Crippen LogP contribution in [0.2, 0.25) is 0 Å². The molecule has 1 aromatic carbocycles. The van der Waals surface area contributed by atoms with Crippen LogP contribution in [0.15, 0.2) is 53.1 Å². The summed E-state index contributed by atoms with van der Waals surface area (Å²) in [6, 6.07) is 12.7. The Morgan fingerprint density at radius 1 is 1.25 bits per heavy atom. The summed E-state index contributed by atoms with van der Waals surface area (Å²) < 4.78 is 10.5. The monoisotopic (exact) mass is 275 g/mol. The van der Waals surface area contributed by atoms with Gasteiger partial charge in [0.15, 0.2) is 0 Å². The molecule has 0 fully saturated rings. The molecule has 1 heterocycles. The highest BCUT2D eigenvalue weighted by Crippen LogP contribution is 2.11. The molecule has 0 aliphatic carbocycles. The van der Waals surface area contributed by atoms with Gasteiger partial charge in [-0.25, -0.2) is 0 Å². The molecule has 2 aromatic rings. The average molecular weight is 275 g/mol. The van der Waals surface area contributed by atoms with Crippen LogP contribution in [0.3, 0.4) is 0 Å². The molecule has 5 nitrogen and oxygen atoms in total. The van der Waals surface area contributed by atoms with Crippen LogP contribution in [0.1, 0.15) is 18.3 Å². The number of nitrogens with one attached hydrogen (secondary N) is 1. The van der Waals surface area contributed by atoms with E-state index in [0.717, 1.165) is 5.75 Å². The number of benzene rings is 1. The number of hydrogen-bond acceptors (Lipinski definition) is 4. The third-order valence-corrected chi connectivity index (χ3v) is 2.71. The molecule has 0 aliphatic heterocycles. The van der Waals surface area contributed by atoms with E-state index in [-0.39, 0.29) is 18.9 Å². The number of ether oxygens (including phenoxy) is 1. The average Bonchev–Trinajstić information content (AvgIpc) is 3.00. The lowest BCUT2D eigenvalue weighted by molar-refractivity contribution is -0.122. The lowest BCUT2D eigenvalue weighted by Gasteiger charge is -2.10. The predicted molar refractivity (Wildman–Crippen MR) is 73.2 cm³/mol. The summed E-state index contributed by atoms with van der Waals surface area (Å²) in [6.07, 6.45) is 0.886. The molecule has 2 rings (SSSR count). The topological polar surface area (TPSA) is 71.7 Å². The standard InChI is InChI=1S/C15H17NO4/c17-13(14-7-4-9-20-14)11-16-15(18)8-10-19-12-5-2-1-3-6-12/h1-7,9,13,17H,8,10-11H2,(H,16,18)/t13-/m0/s1. The fourth-order valence-electron chi connectivity index (χ4n) is 1.66. The van der Waals surface area contributed by atoms with E-state index in [1.807, 2.05) is 30.3 Å². The van der Waals surface area contributed by atoms with Crippen molar-refractivity contribution in [3.63, 3.8) is 0 Å². The molecule has 2 N–H and O–H groups in total. The van der Waals surface area contributed by atoms with Crippen molar-refractivity contribution in [1.29, 1.82) is 0 Å². The molecular weight excluding hydrogens is 258 g/mol. The number of furan rings is 1. The second-order valence-electron chi connectivity index (χ2n) is 4.25. The Morgan fingerprint density at radius 3 is 2.75 bits per heavy atom. The van der Waals surface area contributed by atoms with Crippen molar-refractivity contribution in [2.24, 2.45) is 0 Å². The fraction of sp³-hybridized carbons (Fsp3) is 0.267. The minimum Gasteiger partial charge on any atom is -0.493 e. The lowest BCUT2D eigenvalue weighted by Crippen LogP contribution is -2.29. The van der Waals surface area contributed by atoms with Gasteiger partial charge < -0.3 is 19.6 Å². The third-order valence-electron chi connectivity index (χ3n) is 2.71. The Labute approximate surface area is 117 Å². The molecule has 1 amide bonds. The first-order valence-electron chi connectivity index (χ1n) is 6.42. The number of para-hydroxylation sites is 1. The van der Waals surface area contributed by atoms with Crippen molar-refractivity contribution in [3.05, 3.63) is 54.5 Å². The number of aliphatic hydroxyl groups is 1. The van der Waals surface area contributed by atoms with Crippen molar-refractivity contribution >= 4 is 5.91 Å². The number of carbonyl (C=O) groups excluding carboxylic acids is 1. The zero-order valence-electron chi connectivity index (χ0n) is 11.0. The number of hydrogen-bond donors (Lipinski definition) is 2. The first-order chi connectivity index (χ1) is 9.75. The van der Waals surface area contributed by atoms with E-state index in [0.29, 0.717) is 12.4 Å². The minimum absolute atomic E-state index is 0.123. The number of amides is 1. The number of rotatable bonds is 7. The van der Waals surface area contributed by atoms with Crippen LogP contribution in [-0.2, 0) is 4.79 Å². The molecule has 0 unspecified atom stereocenters. The van der Waals surface area contributed by atoms with Gasteiger partial charge in [0.25, 0.3) is 0 Å². The Balaban J connectivity index is 1.63. The zero-order valence-corrected chi connectivity index (χ0v) is 11.0.